The second-order valence-corrected chi connectivity index (χ2v) is 8.95. The first-order valence-electron chi connectivity index (χ1n) is 8.88. The van der Waals surface area contributed by atoms with Gasteiger partial charge in [-0.15, -0.1) is 11.3 Å². The first-order chi connectivity index (χ1) is 12.5. The molecule has 138 valence electrons. The maximum absolute atomic E-state index is 14.1. The zero-order chi connectivity index (χ0) is 18.3. The molecule has 1 amide bonds. The SMILES string of the molecule is Cc1ncc(CN2CCC23CCCN(C(=O)c2cc(Cl)ccc2F)C3)s1. The molecule has 4 rings (SSSR count). The Labute approximate surface area is 161 Å². The van der Waals surface area contributed by atoms with Crippen molar-refractivity contribution in [3.63, 3.8) is 0 Å². The van der Waals surface area contributed by atoms with Crippen LogP contribution in [0.25, 0.3) is 0 Å². The minimum Gasteiger partial charge on any atom is -0.337 e. The molecule has 2 aliphatic heterocycles. The summed E-state index contributed by atoms with van der Waals surface area (Å²) < 4.78 is 14.1. The van der Waals surface area contributed by atoms with Gasteiger partial charge >= 0.3 is 0 Å². The zero-order valence-corrected chi connectivity index (χ0v) is 16.2. The van der Waals surface area contributed by atoms with E-state index in [1.807, 2.05) is 13.1 Å². The van der Waals surface area contributed by atoms with Crippen molar-refractivity contribution in [3.05, 3.63) is 50.7 Å². The van der Waals surface area contributed by atoms with Crippen LogP contribution >= 0.6 is 22.9 Å². The molecule has 2 aromatic rings. The Morgan fingerprint density at radius 2 is 2.23 bits per heavy atom. The average Bonchev–Trinajstić information content (AvgIpc) is 3.05. The second kappa shape index (κ2) is 6.91. The van der Waals surface area contributed by atoms with E-state index in [1.54, 1.807) is 16.2 Å². The summed E-state index contributed by atoms with van der Waals surface area (Å²) >= 11 is 7.68. The van der Waals surface area contributed by atoms with Crippen LogP contribution in [0.2, 0.25) is 5.02 Å². The van der Waals surface area contributed by atoms with E-state index in [-0.39, 0.29) is 17.0 Å². The molecule has 4 nitrogen and oxygen atoms in total. The quantitative estimate of drug-likeness (QED) is 0.786. The molecule has 0 saturated carbocycles. The summed E-state index contributed by atoms with van der Waals surface area (Å²) in [5.41, 5.74) is 0.0828. The lowest BCUT2D eigenvalue weighted by atomic mass is 9.77. The van der Waals surface area contributed by atoms with E-state index in [1.165, 1.54) is 23.1 Å². The normalized spacial score (nSPS) is 23.3. The molecule has 0 radical (unpaired) electrons. The average molecular weight is 394 g/mol. The fraction of sp³-hybridized carbons (Fsp3) is 0.474. The Kier molecular flexibility index (Phi) is 4.75. The van der Waals surface area contributed by atoms with Crippen molar-refractivity contribution in [1.29, 1.82) is 0 Å². The standard InChI is InChI=1S/C19H21ClFN3OS/c1-13-22-10-15(26-13)11-24-8-6-19(24)5-2-7-23(12-19)18(25)16-9-14(20)3-4-17(16)21/h3-4,9-10H,2,5-8,11-12H2,1H3. The summed E-state index contributed by atoms with van der Waals surface area (Å²) in [6.45, 7) is 5.24. The van der Waals surface area contributed by atoms with Crippen molar-refractivity contribution in [2.24, 2.45) is 0 Å². The fourth-order valence-electron chi connectivity index (χ4n) is 4.08. The predicted octanol–water partition coefficient (Wildman–Crippen LogP) is 4.12. The molecule has 7 heteroatoms. The Balaban J connectivity index is 1.50. The fourth-order valence-corrected chi connectivity index (χ4v) is 5.06. The van der Waals surface area contributed by atoms with E-state index < -0.39 is 5.82 Å². The highest BCUT2D eigenvalue weighted by Gasteiger charge is 2.48. The van der Waals surface area contributed by atoms with Crippen molar-refractivity contribution in [3.8, 4) is 0 Å². The lowest BCUT2D eigenvalue weighted by Gasteiger charge is -2.57. The van der Waals surface area contributed by atoms with Gasteiger partial charge in [0.15, 0.2) is 0 Å². The molecular formula is C19H21ClFN3OS. The minimum atomic E-state index is -0.510. The molecule has 3 heterocycles. The largest absolute Gasteiger partial charge is 0.337 e. The Morgan fingerprint density at radius 1 is 1.38 bits per heavy atom. The number of amides is 1. The number of aryl methyl sites for hydroxylation is 1. The maximum atomic E-state index is 14.1. The first kappa shape index (κ1) is 17.9. The predicted molar refractivity (Wildman–Crippen MR) is 101 cm³/mol. The van der Waals surface area contributed by atoms with Gasteiger partial charge < -0.3 is 4.90 Å². The monoisotopic (exact) mass is 393 g/mol. The van der Waals surface area contributed by atoms with Crippen LogP contribution in [-0.4, -0.2) is 45.9 Å². The summed E-state index contributed by atoms with van der Waals surface area (Å²) in [5, 5.41) is 1.46. The molecule has 0 bridgehead atoms. The summed E-state index contributed by atoms with van der Waals surface area (Å²) in [7, 11) is 0. The third-order valence-electron chi connectivity index (χ3n) is 5.54. The van der Waals surface area contributed by atoms with Gasteiger partial charge in [-0.2, -0.15) is 0 Å². The smallest absolute Gasteiger partial charge is 0.256 e. The maximum Gasteiger partial charge on any atom is 0.256 e. The Morgan fingerprint density at radius 3 is 2.92 bits per heavy atom. The van der Waals surface area contributed by atoms with E-state index in [9.17, 15) is 9.18 Å². The van der Waals surface area contributed by atoms with Crippen molar-refractivity contribution in [1.82, 2.24) is 14.8 Å². The van der Waals surface area contributed by atoms with Gasteiger partial charge in [0, 0.05) is 47.8 Å². The van der Waals surface area contributed by atoms with Crippen LogP contribution in [-0.2, 0) is 6.54 Å². The van der Waals surface area contributed by atoms with Gasteiger partial charge in [-0.05, 0) is 44.4 Å². The number of hydrogen-bond donors (Lipinski definition) is 0. The highest BCUT2D eigenvalue weighted by atomic mass is 35.5. The van der Waals surface area contributed by atoms with E-state index in [2.05, 4.69) is 9.88 Å². The molecule has 2 aliphatic rings. The number of aromatic nitrogens is 1. The lowest BCUT2D eigenvalue weighted by Crippen LogP contribution is -2.66. The summed E-state index contributed by atoms with van der Waals surface area (Å²) in [6, 6.07) is 4.16. The Hall–Kier alpha value is -1.50. The van der Waals surface area contributed by atoms with Crippen LogP contribution in [0.5, 0.6) is 0 Å². The van der Waals surface area contributed by atoms with Gasteiger partial charge in [0.2, 0.25) is 0 Å². The summed E-state index contributed by atoms with van der Waals surface area (Å²) in [6.07, 6.45) is 5.03. The molecule has 1 spiro atoms. The number of rotatable bonds is 3. The number of nitrogens with zero attached hydrogens (tertiary/aromatic N) is 3. The van der Waals surface area contributed by atoms with Crippen molar-refractivity contribution >= 4 is 28.8 Å². The lowest BCUT2D eigenvalue weighted by molar-refractivity contribution is -0.0643. The number of piperidine rings is 1. The summed E-state index contributed by atoms with van der Waals surface area (Å²) in [4.78, 5) is 22.7. The number of carbonyl (C=O) groups excluding carboxylic acids is 1. The highest BCUT2D eigenvalue weighted by molar-refractivity contribution is 7.11. The molecule has 0 N–H and O–H groups in total. The summed E-state index contributed by atoms with van der Waals surface area (Å²) in [5.74, 6) is -0.769. The zero-order valence-electron chi connectivity index (χ0n) is 14.7. The number of carbonyl (C=O) groups is 1. The molecule has 1 atom stereocenters. The highest BCUT2D eigenvalue weighted by Crippen LogP contribution is 2.40. The van der Waals surface area contributed by atoms with E-state index in [0.717, 1.165) is 37.4 Å². The number of likely N-dealkylation sites (tertiary alicyclic amines) is 2. The van der Waals surface area contributed by atoms with Gasteiger partial charge in [-0.3, -0.25) is 9.69 Å². The molecule has 1 unspecified atom stereocenters. The van der Waals surface area contributed by atoms with Crippen LogP contribution in [0.3, 0.4) is 0 Å². The first-order valence-corrected chi connectivity index (χ1v) is 10.1. The molecule has 2 saturated heterocycles. The van der Waals surface area contributed by atoms with Gasteiger partial charge in [-0.25, -0.2) is 9.37 Å². The molecule has 26 heavy (non-hydrogen) atoms. The Bertz CT molecular complexity index is 842. The van der Waals surface area contributed by atoms with Crippen LogP contribution in [0.4, 0.5) is 4.39 Å². The number of benzene rings is 1. The van der Waals surface area contributed by atoms with E-state index >= 15 is 0 Å². The number of halogens is 2. The number of thiazole rings is 1. The molecule has 2 fully saturated rings. The molecule has 1 aromatic carbocycles. The van der Waals surface area contributed by atoms with Crippen LogP contribution < -0.4 is 0 Å². The minimum absolute atomic E-state index is 0.0147. The topological polar surface area (TPSA) is 36.4 Å². The van der Waals surface area contributed by atoms with Crippen molar-refractivity contribution in [2.45, 2.75) is 38.3 Å². The third kappa shape index (κ3) is 3.26. The van der Waals surface area contributed by atoms with Crippen molar-refractivity contribution in [2.75, 3.05) is 19.6 Å². The van der Waals surface area contributed by atoms with Gasteiger partial charge in [0.05, 0.1) is 10.6 Å². The molecular weight excluding hydrogens is 373 g/mol. The molecule has 1 aromatic heterocycles. The van der Waals surface area contributed by atoms with E-state index in [4.69, 9.17) is 11.6 Å². The van der Waals surface area contributed by atoms with E-state index in [0.29, 0.717) is 18.1 Å². The van der Waals surface area contributed by atoms with Gasteiger partial charge in [-0.1, -0.05) is 11.6 Å². The number of hydrogen-bond acceptors (Lipinski definition) is 4. The van der Waals surface area contributed by atoms with Crippen LogP contribution in [0.1, 0.15) is 39.5 Å². The van der Waals surface area contributed by atoms with Crippen LogP contribution in [0, 0.1) is 12.7 Å². The van der Waals surface area contributed by atoms with Gasteiger partial charge in [0.1, 0.15) is 5.82 Å². The molecule has 0 aliphatic carbocycles. The van der Waals surface area contributed by atoms with Gasteiger partial charge in [0.25, 0.3) is 5.91 Å². The van der Waals surface area contributed by atoms with Crippen LogP contribution in [0.15, 0.2) is 24.4 Å². The van der Waals surface area contributed by atoms with Crippen molar-refractivity contribution < 1.29 is 9.18 Å². The second-order valence-electron chi connectivity index (χ2n) is 7.20. The third-order valence-corrected chi connectivity index (χ3v) is 6.67.